The van der Waals surface area contributed by atoms with Crippen molar-refractivity contribution in [3.63, 3.8) is 0 Å². The number of nitrogens with two attached hydrogens (primary N) is 1. The first kappa shape index (κ1) is 18.8. The monoisotopic (exact) mass is 383 g/mol. The van der Waals surface area contributed by atoms with E-state index in [-0.39, 0.29) is 35.8 Å². The molecule has 2 heterocycles. The van der Waals surface area contributed by atoms with Gasteiger partial charge in [-0.2, -0.15) is 0 Å². The molecule has 28 heavy (non-hydrogen) atoms. The van der Waals surface area contributed by atoms with E-state index in [1.165, 1.54) is 0 Å². The molecule has 0 aliphatic heterocycles. The molecule has 0 saturated carbocycles. The summed E-state index contributed by atoms with van der Waals surface area (Å²) in [6.07, 6.45) is -0.246. The molecule has 2 aromatic heterocycles. The van der Waals surface area contributed by atoms with Crippen LogP contribution in [-0.4, -0.2) is 48.9 Å². The van der Waals surface area contributed by atoms with Crippen molar-refractivity contribution in [2.75, 3.05) is 6.54 Å². The van der Waals surface area contributed by atoms with E-state index >= 15 is 0 Å². The number of carboxylic acids is 1. The van der Waals surface area contributed by atoms with E-state index in [9.17, 15) is 14.4 Å². The number of aromatic nitrogens is 4. The van der Waals surface area contributed by atoms with Crippen LogP contribution in [0.2, 0.25) is 0 Å². The molecule has 3 rings (SSSR count). The van der Waals surface area contributed by atoms with Gasteiger partial charge in [-0.15, -0.1) is 0 Å². The maximum Gasteiger partial charge on any atom is 0.305 e. The number of carbonyl (C=O) groups excluding carboxylic acids is 1. The fourth-order valence-electron chi connectivity index (χ4n) is 2.60. The Balaban J connectivity index is 1.98. The highest BCUT2D eigenvalue weighted by Gasteiger charge is 2.18. The maximum absolute atomic E-state index is 12.3. The molecule has 0 radical (unpaired) electrons. The summed E-state index contributed by atoms with van der Waals surface area (Å²) in [5.74, 6) is -1.58. The van der Waals surface area contributed by atoms with E-state index in [4.69, 9.17) is 16.2 Å². The average molecular weight is 383 g/mol. The van der Waals surface area contributed by atoms with Gasteiger partial charge in [-0.05, 0) is 0 Å². The Kier molecular flexibility index (Phi) is 4.90. The lowest BCUT2D eigenvalue weighted by molar-refractivity contribution is -0.136. The van der Waals surface area contributed by atoms with Crippen LogP contribution in [0, 0.1) is 5.41 Å². The minimum absolute atomic E-state index is 0.0618. The van der Waals surface area contributed by atoms with Crippen molar-refractivity contribution in [2.45, 2.75) is 6.42 Å². The highest BCUT2D eigenvalue weighted by Crippen LogP contribution is 2.21. The molecule has 0 fully saturated rings. The lowest BCUT2D eigenvalue weighted by atomic mass is 10.1. The number of nitrogens with zero attached hydrogens (tertiary/aromatic N) is 3. The van der Waals surface area contributed by atoms with Crippen molar-refractivity contribution in [3.05, 3.63) is 46.0 Å². The number of nitrogens with one attached hydrogen (secondary N) is 3. The minimum atomic E-state index is -1.05. The third-order valence-electron chi connectivity index (χ3n) is 4.02. The number of amides is 1. The van der Waals surface area contributed by atoms with Crippen molar-refractivity contribution in [1.29, 1.82) is 5.41 Å². The van der Waals surface area contributed by atoms with Crippen LogP contribution in [0.3, 0.4) is 0 Å². The highest BCUT2D eigenvalue weighted by molar-refractivity contribution is 5.95. The zero-order valence-corrected chi connectivity index (χ0v) is 14.8. The maximum atomic E-state index is 12.3. The first-order chi connectivity index (χ1) is 13.3. The minimum Gasteiger partial charge on any atom is -0.481 e. The van der Waals surface area contributed by atoms with Crippen molar-refractivity contribution in [1.82, 2.24) is 24.8 Å². The van der Waals surface area contributed by atoms with E-state index in [2.05, 4.69) is 20.3 Å². The molecule has 1 amide bonds. The second kappa shape index (κ2) is 7.31. The SMILES string of the molecule is Cn1c(-c2ccc(C(=N)N)cc2)nc2c(=O)[nH]c(C(=O)NCCC(=O)O)nc21. The molecule has 11 heteroatoms. The predicted octanol–water partition coefficient (Wildman–Crippen LogP) is -0.188. The smallest absolute Gasteiger partial charge is 0.305 e. The van der Waals surface area contributed by atoms with Crippen molar-refractivity contribution >= 4 is 28.9 Å². The van der Waals surface area contributed by atoms with Gasteiger partial charge in [0.05, 0.1) is 6.42 Å². The highest BCUT2D eigenvalue weighted by atomic mass is 16.4. The fourth-order valence-corrected chi connectivity index (χ4v) is 2.60. The largest absolute Gasteiger partial charge is 0.481 e. The van der Waals surface area contributed by atoms with Crippen LogP contribution in [0.1, 0.15) is 22.6 Å². The standard InChI is InChI=1S/C17H17N7O4/c1-24-14(9-4-2-8(3-5-9)12(18)19)21-11-15(24)22-13(23-16(11)27)17(28)20-7-6-10(25)26/h2-5H,6-7H2,1H3,(H3,18,19)(H,20,28)(H,25,26)(H,22,23,27). The van der Waals surface area contributed by atoms with E-state index in [0.717, 1.165) is 0 Å². The lowest BCUT2D eigenvalue weighted by Gasteiger charge is -2.05. The van der Waals surface area contributed by atoms with Gasteiger partial charge in [-0.25, -0.2) is 9.97 Å². The molecule has 3 aromatic rings. The topological polar surface area (TPSA) is 180 Å². The summed E-state index contributed by atoms with van der Waals surface area (Å²) in [4.78, 5) is 45.8. The Labute approximate surface area is 157 Å². The van der Waals surface area contributed by atoms with Gasteiger partial charge in [0, 0.05) is 24.7 Å². The number of carbonyl (C=O) groups is 2. The van der Waals surface area contributed by atoms with Gasteiger partial charge in [-0.1, -0.05) is 24.3 Å². The summed E-state index contributed by atoms with van der Waals surface area (Å²) in [7, 11) is 1.65. The third-order valence-corrected chi connectivity index (χ3v) is 4.02. The fraction of sp³-hybridized carbons (Fsp3) is 0.176. The Bertz CT molecular complexity index is 1140. The number of rotatable bonds is 6. The second-order valence-electron chi connectivity index (χ2n) is 5.97. The molecule has 0 saturated heterocycles. The van der Waals surface area contributed by atoms with Crippen molar-refractivity contribution in [2.24, 2.45) is 12.8 Å². The van der Waals surface area contributed by atoms with Crippen molar-refractivity contribution < 1.29 is 14.7 Å². The number of carboxylic acid groups (broad SMARTS) is 1. The lowest BCUT2D eigenvalue weighted by Crippen LogP contribution is -2.29. The van der Waals surface area contributed by atoms with Crippen LogP contribution in [0.15, 0.2) is 29.1 Å². The molecule has 0 bridgehead atoms. The van der Waals surface area contributed by atoms with Gasteiger partial charge in [0.25, 0.3) is 11.5 Å². The summed E-state index contributed by atoms with van der Waals surface area (Å²) in [6, 6.07) is 6.75. The summed E-state index contributed by atoms with van der Waals surface area (Å²) in [6.45, 7) is -0.0882. The number of nitrogen functional groups attached to an aromatic ring is 1. The molecule has 0 atom stereocenters. The molecular weight excluding hydrogens is 366 g/mol. The zero-order chi connectivity index (χ0) is 20.4. The van der Waals surface area contributed by atoms with Crippen LogP contribution in [-0.2, 0) is 11.8 Å². The number of aliphatic carboxylic acids is 1. The number of aromatic amines is 1. The molecule has 0 unspecified atom stereocenters. The van der Waals surface area contributed by atoms with E-state index < -0.39 is 17.4 Å². The number of hydrogen-bond donors (Lipinski definition) is 5. The molecule has 0 spiro atoms. The van der Waals surface area contributed by atoms with Gasteiger partial charge in [-0.3, -0.25) is 19.8 Å². The Hall–Kier alpha value is -4.02. The van der Waals surface area contributed by atoms with Crippen LogP contribution < -0.4 is 16.6 Å². The van der Waals surface area contributed by atoms with Gasteiger partial charge < -0.3 is 25.7 Å². The number of imidazole rings is 1. The summed E-state index contributed by atoms with van der Waals surface area (Å²) >= 11 is 0. The van der Waals surface area contributed by atoms with Gasteiger partial charge in [0.15, 0.2) is 11.2 Å². The van der Waals surface area contributed by atoms with Crippen LogP contribution in [0.25, 0.3) is 22.6 Å². The van der Waals surface area contributed by atoms with E-state index in [0.29, 0.717) is 17.0 Å². The zero-order valence-electron chi connectivity index (χ0n) is 14.8. The first-order valence-corrected chi connectivity index (χ1v) is 8.19. The average Bonchev–Trinajstić information content (AvgIpc) is 2.99. The molecule has 144 valence electrons. The molecule has 1 aromatic carbocycles. The Morgan fingerprint density at radius 3 is 2.57 bits per heavy atom. The third kappa shape index (κ3) is 3.58. The second-order valence-corrected chi connectivity index (χ2v) is 5.97. The number of H-pyrrole nitrogens is 1. The quantitative estimate of drug-likeness (QED) is 0.289. The van der Waals surface area contributed by atoms with Crippen molar-refractivity contribution in [3.8, 4) is 11.4 Å². The molecule has 11 nitrogen and oxygen atoms in total. The van der Waals surface area contributed by atoms with Gasteiger partial charge in [0.1, 0.15) is 11.7 Å². The van der Waals surface area contributed by atoms with Crippen LogP contribution in [0.5, 0.6) is 0 Å². The van der Waals surface area contributed by atoms with E-state index in [1.54, 1.807) is 35.9 Å². The van der Waals surface area contributed by atoms with E-state index in [1.807, 2.05) is 0 Å². The van der Waals surface area contributed by atoms with Gasteiger partial charge in [0.2, 0.25) is 5.82 Å². The predicted molar refractivity (Wildman–Crippen MR) is 100 cm³/mol. The number of benzene rings is 1. The summed E-state index contributed by atoms with van der Waals surface area (Å²) in [5, 5.41) is 18.4. The van der Waals surface area contributed by atoms with Gasteiger partial charge >= 0.3 is 5.97 Å². The summed E-state index contributed by atoms with van der Waals surface area (Å²) < 4.78 is 1.57. The number of amidine groups is 1. The molecule has 0 aliphatic rings. The Morgan fingerprint density at radius 2 is 1.96 bits per heavy atom. The number of hydrogen-bond acceptors (Lipinski definition) is 6. The first-order valence-electron chi connectivity index (χ1n) is 8.19. The molecular formula is C17H17N7O4. The Morgan fingerprint density at radius 1 is 1.29 bits per heavy atom. The molecule has 0 aliphatic carbocycles. The van der Waals surface area contributed by atoms with Crippen LogP contribution in [0.4, 0.5) is 0 Å². The summed E-state index contributed by atoms with van der Waals surface area (Å²) in [5.41, 5.74) is 6.36. The van der Waals surface area contributed by atoms with Crippen LogP contribution >= 0.6 is 0 Å². The normalized spacial score (nSPS) is 10.8. The number of aryl methyl sites for hydroxylation is 1. The number of fused-ring (bicyclic) bond motifs is 1. The molecule has 6 N–H and O–H groups in total.